The minimum atomic E-state index is -0.198. The van der Waals surface area contributed by atoms with Gasteiger partial charge < -0.3 is 10.1 Å². The second-order valence-electron chi connectivity index (χ2n) is 5.83. The number of likely N-dealkylation sites (tertiary alicyclic amines) is 1. The van der Waals surface area contributed by atoms with Crippen molar-refractivity contribution < 1.29 is 9.90 Å². The number of carbonyl (C=O) groups excluding carboxylic acids is 1. The Hall–Kier alpha value is -1.65. The molecule has 0 spiro atoms. The van der Waals surface area contributed by atoms with Gasteiger partial charge in [0, 0.05) is 35.8 Å². The van der Waals surface area contributed by atoms with E-state index in [4.69, 9.17) is 0 Å². The summed E-state index contributed by atoms with van der Waals surface area (Å²) in [5.74, 6) is 0.158. The third-order valence-electron chi connectivity index (χ3n) is 4.41. The molecule has 3 rings (SSSR count). The van der Waals surface area contributed by atoms with E-state index in [0.717, 1.165) is 48.8 Å². The van der Waals surface area contributed by atoms with Crippen LogP contribution in [0.1, 0.15) is 35.7 Å². The molecular formula is C17H22N2O2. The molecule has 0 bridgehead atoms. The molecule has 1 aromatic heterocycles. The van der Waals surface area contributed by atoms with Gasteiger partial charge in [0.15, 0.2) is 5.78 Å². The molecule has 1 aromatic carbocycles. The van der Waals surface area contributed by atoms with Gasteiger partial charge in [0.2, 0.25) is 0 Å². The van der Waals surface area contributed by atoms with E-state index in [0.29, 0.717) is 6.54 Å². The third-order valence-corrected chi connectivity index (χ3v) is 4.41. The molecule has 2 aromatic rings. The molecule has 0 saturated carbocycles. The maximum atomic E-state index is 12.5. The lowest BCUT2D eigenvalue weighted by Gasteiger charge is -2.28. The number of hydrogen-bond acceptors (Lipinski definition) is 3. The number of carbonyl (C=O) groups is 1. The van der Waals surface area contributed by atoms with E-state index in [2.05, 4.69) is 22.9 Å². The van der Waals surface area contributed by atoms with Crippen LogP contribution in [0.4, 0.5) is 0 Å². The van der Waals surface area contributed by atoms with Crippen LogP contribution in [-0.2, 0) is 6.42 Å². The molecule has 0 aliphatic carbocycles. The van der Waals surface area contributed by atoms with Crippen LogP contribution in [0.15, 0.2) is 24.4 Å². The summed E-state index contributed by atoms with van der Waals surface area (Å²) in [6, 6.07) is 6.13. The van der Waals surface area contributed by atoms with E-state index in [-0.39, 0.29) is 11.9 Å². The summed E-state index contributed by atoms with van der Waals surface area (Å²) < 4.78 is 0. The van der Waals surface area contributed by atoms with Crippen molar-refractivity contribution in [2.45, 2.75) is 32.3 Å². The van der Waals surface area contributed by atoms with Gasteiger partial charge in [0.05, 0.1) is 12.6 Å². The van der Waals surface area contributed by atoms with Crippen molar-refractivity contribution in [3.8, 4) is 0 Å². The van der Waals surface area contributed by atoms with Gasteiger partial charge in [-0.05, 0) is 24.8 Å². The summed E-state index contributed by atoms with van der Waals surface area (Å²) in [7, 11) is 0. The lowest BCUT2D eigenvalue weighted by molar-refractivity contribution is 0.0712. The second kappa shape index (κ2) is 6.00. The van der Waals surface area contributed by atoms with Crippen molar-refractivity contribution in [1.29, 1.82) is 0 Å². The SMILES string of the molecule is CCc1cccc2c(C(=O)CN3CCC(O)CC3)c[nH]c12. The van der Waals surface area contributed by atoms with Crippen LogP contribution in [0.2, 0.25) is 0 Å². The molecule has 0 radical (unpaired) electrons. The molecule has 4 heteroatoms. The topological polar surface area (TPSA) is 56.3 Å². The molecule has 0 unspecified atom stereocenters. The second-order valence-corrected chi connectivity index (χ2v) is 5.83. The van der Waals surface area contributed by atoms with Gasteiger partial charge in [0.1, 0.15) is 0 Å². The zero-order valence-electron chi connectivity index (χ0n) is 12.4. The average molecular weight is 286 g/mol. The van der Waals surface area contributed by atoms with Crippen LogP contribution in [0.25, 0.3) is 10.9 Å². The Kier molecular flexibility index (Phi) is 4.08. The summed E-state index contributed by atoms with van der Waals surface area (Å²) in [5, 5.41) is 10.6. The molecular weight excluding hydrogens is 264 g/mol. The van der Waals surface area contributed by atoms with Crippen molar-refractivity contribution in [2.24, 2.45) is 0 Å². The normalized spacial score (nSPS) is 17.4. The highest BCUT2D eigenvalue weighted by atomic mass is 16.3. The van der Waals surface area contributed by atoms with Gasteiger partial charge in [-0.25, -0.2) is 0 Å². The number of benzene rings is 1. The number of rotatable bonds is 4. The number of aliphatic hydroxyl groups excluding tert-OH is 1. The Balaban J connectivity index is 1.79. The van der Waals surface area contributed by atoms with Crippen LogP contribution < -0.4 is 0 Å². The summed E-state index contributed by atoms with van der Waals surface area (Å²) in [6.07, 6.45) is 4.12. The lowest BCUT2D eigenvalue weighted by Crippen LogP contribution is -2.38. The molecule has 4 nitrogen and oxygen atoms in total. The number of H-pyrrole nitrogens is 1. The largest absolute Gasteiger partial charge is 0.393 e. The summed E-state index contributed by atoms with van der Waals surface area (Å²) in [5.41, 5.74) is 3.11. The number of hydrogen-bond donors (Lipinski definition) is 2. The Morgan fingerprint density at radius 3 is 2.86 bits per heavy atom. The molecule has 0 atom stereocenters. The number of para-hydroxylation sites is 1. The number of nitrogens with zero attached hydrogens (tertiary/aromatic N) is 1. The fourth-order valence-corrected chi connectivity index (χ4v) is 3.11. The van der Waals surface area contributed by atoms with Crippen molar-refractivity contribution in [1.82, 2.24) is 9.88 Å². The van der Waals surface area contributed by atoms with Crippen LogP contribution in [0.3, 0.4) is 0 Å². The van der Waals surface area contributed by atoms with E-state index in [1.807, 2.05) is 18.3 Å². The Bertz CT molecular complexity index is 639. The number of Topliss-reactive ketones (excluding diaryl/α,β-unsaturated/α-hetero) is 1. The molecule has 1 aliphatic rings. The van der Waals surface area contributed by atoms with Crippen molar-refractivity contribution >= 4 is 16.7 Å². The number of ketones is 1. The van der Waals surface area contributed by atoms with Gasteiger partial charge >= 0.3 is 0 Å². The summed E-state index contributed by atoms with van der Waals surface area (Å²) >= 11 is 0. The zero-order valence-corrected chi connectivity index (χ0v) is 12.4. The Morgan fingerprint density at radius 2 is 2.14 bits per heavy atom. The molecule has 112 valence electrons. The van der Waals surface area contributed by atoms with E-state index >= 15 is 0 Å². The van der Waals surface area contributed by atoms with Gasteiger partial charge in [-0.3, -0.25) is 9.69 Å². The first-order chi connectivity index (χ1) is 10.2. The minimum Gasteiger partial charge on any atom is -0.393 e. The molecule has 21 heavy (non-hydrogen) atoms. The fourth-order valence-electron chi connectivity index (χ4n) is 3.11. The number of aryl methyl sites for hydroxylation is 1. The van der Waals surface area contributed by atoms with Gasteiger partial charge in [-0.2, -0.15) is 0 Å². The predicted molar refractivity (Wildman–Crippen MR) is 83.7 cm³/mol. The van der Waals surface area contributed by atoms with Gasteiger partial charge in [0.25, 0.3) is 0 Å². The molecule has 1 fully saturated rings. The Labute approximate surface area is 124 Å². The monoisotopic (exact) mass is 286 g/mol. The lowest BCUT2D eigenvalue weighted by atomic mass is 10.0. The van der Waals surface area contributed by atoms with Gasteiger partial charge in [-0.1, -0.05) is 25.1 Å². The first-order valence-corrected chi connectivity index (χ1v) is 7.71. The number of aromatic nitrogens is 1. The number of fused-ring (bicyclic) bond motifs is 1. The predicted octanol–water partition coefficient (Wildman–Crippen LogP) is 2.37. The first kappa shape index (κ1) is 14.3. The number of piperidine rings is 1. The van der Waals surface area contributed by atoms with Crippen LogP contribution in [0, 0.1) is 0 Å². The fraction of sp³-hybridized carbons (Fsp3) is 0.471. The maximum absolute atomic E-state index is 12.5. The molecule has 2 N–H and O–H groups in total. The van der Waals surface area contributed by atoms with Gasteiger partial charge in [-0.15, -0.1) is 0 Å². The van der Waals surface area contributed by atoms with E-state index in [1.54, 1.807) is 0 Å². The van der Waals surface area contributed by atoms with Crippen molar-refractivity contribution in [2.75, 3.05) is 19.6 Å². The Morgan fingerprint density at radius 1 is 1.38 bits per heavy atom. The van der Waals surface area contributed by atoms with Crippen LogP contribution in [0.5, 0.6) is 0 Å². The van der Waals surface area contributed by atoms with E-state index < -0.39 is 0 Å². The number of aromatic amines is 1. The third kappa shape index (κ3) is 2.87. The summed E-state index contributed by atoms with van der Waals surface area (Å²) in [6.45, 7) is 4.16. The molecule has 1 saturated heterocycles. The zero-order chi connectivity index (χ0) is 14.8. The number of aliphatic hydroxyl groups is 1. The molecule has 0 amide bonds. The standard InChI is InChI=1S/C17H22N2O2/c1-2-12-4-3-5-14-15(10-18-17(12)14)16(21)11-19-8-6-13(20)7-9-19/h3-5,10,13,18,20H,2,6-9,11H2,1H3. The van der Waals surface area contributed by atoms with Crippen LogP contribution in [-0.4, -0.2) is 46.5 Å². The molecule has 1 aliphatic heterocycles. The summed E-state index contributed by atoms with van der Waals surface area (Å²) in [4.78, 5) is 17.9. The smallest absolute Gasteiger partial charge is 0.178 e. The maximum Gasteiger partial charge on any atom is 0.178 e. The number of nitrogens with one attached hydrogen (secondary N) is 1. The van der Waals surface area contributed by atoms with E-state index in [1.165, 1.54) is 5.56 Å². The highest BCUT2D eigenvalue weighted by Gasteiger charge is 2.21. The minimum absolute atomic E-state index is 0.158. The van der Waals surface area contributed by atoms with Crippen molar-refractivity contribution in [3.63, 3.8) is 0 Å². The van der Waals surface area contributed by atoms with E-state index in [9.17, 15) is 9.90 Å². The highest BCUT2D eigenvalue weighted by molar-refractivity contribution is 6.09. The van der Waals surface area contributed by atoms with Crippen LogP contribution >= 0.6 is 0 Å². The highest BCUT2D eigenvalue weighted by Crippen LogP contribution is 2.23. The van der Waals surface area contributed by atoms with Crippen molar-refractivity contribution in [3.05, 3.63) is 35.5 Å². The average Bonchev–Trinajstić information content (AvgIpc) is 2.93. The first-order valence-electron chi connectivity index (χ1n) is 7.71. The molecule has 2 heterocycles. The quantitative estimate of drug-likeness (QED) is 0.848.